The van der Waals surface area contributed by atoms with E-state index in [1.165, 1.54) is 0 Å². The van der Waals surface area contributed by atoms with E-state index in [2.05, 4.69) is 5.32 Å². The number of guanidine groups is 1. The molecule has 11 heteroatoms. The van der Waals surface area contributed by atoms with Gasteiger partial charge in [0.25, 0.3) is 0 Å². The van der Waals surface area contributed by atoms with Gasteiger partial charge in [0.2, 0.25) is 21.9 Å². The number of sulfonamides is 1. The SMILES string of the molecule is CS(=O)(=O)NC(=N)NCCC[C@H](N)C(=O)N1CCCC1.Cl.Cl. The van der Waals surface area contributed by atoms with Crippen molar-refractivity contribution in [3.05, 3.63) is 0 Å². The molecule has 1 rings (SSSR count). The summed E-state index contributed by atoms with van der Waals surface area (Å²) in [6.45, 7) is 1.96. The lowest BCUT2D eigenvalue weighted by Crippen LogP contribution is -2.43. The number of rotatable bonds is 6. The van der Waals surface area contributed by atoms with Gasteiger partial charge in [-0.05, 0) is 25.7 Å². The minimum Gasteiger partial charge on any atom is -0.356 e. The van der Waals surface area contributed by atoms with Crippen LogP contribution in [0.25, 0.3) is 0 Å². The molecule has 0 saturated carbocycles. The standard InChI is InChI=1S/C11H23N5O3S.2ClH/c1-20(18,19)15-11(13)14-6-4-5-9(12)10(17)16-7-2-3-8-16;;/h9H,2-8,12H2,1H3,(H3,13,14,15);2*1H/t9-;;/m0../s1. The van der Waals surface area contributed by atoms with Crippen molar-refractivity contribution >= 4 is 46.7 Å². The molecular weight excluding hydrogens is 353 g/mol. The third-order valence-electron chi connectivity index (χ3n) is 3.02. The van der Waals surface area contributed by atoms with Gasteiger partial charge in [0.15, 0.2) is 0 Å². The number of likely N-dealkylation sites (tertiary alicyclic amines) is 1. The first kappa shape index (κ1) is 23.5. The Morgan fingerprint density at radius 1 is 1.32 bits per heavy atom. The highest BCUT2D eigenvalue weighted by molar-refractivity contribution is 7.89. The number of nitrogens with zero attached hydrogens (tertiary/aromatic N) is 1. The quantitative estimate of drug-likeness (QED) is 0.285. The number of nitrogens with one attached hydrogen (secondary N) is 3. The van der Waals surface area contributed by atoms with E-state index in [1.54, 1.807) is 4.90 Å². The lowest BCUT2D eigenvalue weighted by Gasteiger charge is -2.20. The van der Waals surface area contributed by atoms with Crippen LogP contribution in [0.3, 0.4) is 0 Å². The zero-order chi connectivity index (χ0) is 15.2. The van der Waals surface area contributed by atoms with Crippen molar-refractivity contribution < 1.29 is 13.2 Å². The molecule has 5 N–H and O–H groups in total. The first-order valence-electron chi connectivity index (χ1n) is 6.64. The predicted octanol–water partition coefficient (Wildman–Crippen LogP) is -0.367. The fraction of sp³-hybridized carbons (Fsp3) is 0.818. The van der Waals surface area contributed by atoms with Gasteiger partial charge in [0, 0.05) is 19.6 Å². The molecule has 8 nitrogen and oxygen atoms in total. The Balaban J connectivity index is 0. The van der Waals surface area contributed by atoms with Gasteiger partial charge in [-0.1, -0.05) is 0 Å². The molecule has 0 aromatic heterocycles. The summed E-state index contributed by atoms with van der Waals surface area (Å²) in [5.41, 5.74) is 5.83. The second-order valence-corrected chi connectivity index (χ2v) is 6.71. The van der Waals surface area contributed by atoms with Crippen molar-refractivity contribution in [2.24, 2.45) is 5.73 Å². The minimum absolute atomic E-state index is 0. The van der Waals surface area contributed by atoms with Crippen molar-refractivity contribution in [1.29, 1.82) is 5.41 Å². The molecule has 22 heavy (non-hydrogen) atoms. The van der Waals surface area contributed by atoms with Crippen LogP contribution >= 0.6 is 24.8 Å². The average Bonchev–Trinajstić information content (AvgIpc) is 2.84. The van der Waals surface area contributed by atoms with Crippen LogP contribution in [0.5, 0.6) is 0 Å². The van der Waals surface area contributed by atoms with Gasteiger partial charge in [0.1, 0.15) is 0 Å². The molecule has 1 heterocycles. The zero-order valence-electron chi connectivity index (χ0n) is 12.5. The van der Waals surface area contributed by atoms with Crippen LogP contribution < -0.4 is 15.8 Å². The first-order valence-corrected chi connectivity index (χ1v) is 8.53. The van der Waals surface area contributed by atoms with Crippen LogP contribution in [0.1, 0.15) is 25.7 Å². The Morgan fingerprint density at radius 3 is 2.36 bits per heavy atom. The summed E-state index contributed by atoms with van der Waals surface area (Å²) in [6, 6.07) is -0.521. The Morgan fingerprint density at radius 2 is 1.86 bits per heavy atom. The minimum atomic E-state index is -3.42. The van der Waals surface area contributed by atoms with E-state index in [9.17, 15) is 13.2 Å². The fourth-order valence-corrected chi connectivity index (χ4v) is 2.50. The number of amides is 1. The molecule has 1 amide bonds. The van der Waals surface area contributed by atoms with Crippen molar-refractivity contribution in [3.8, 4) is 0 Å². The topological polar surface area (TPSA) is 128 Å². The Kier molecular flexibility index (Phi) is 11.6. The summed E-state index contributed by atoms with van der Waals surface area (Å²) in [4.78, 5) is 13.7. The van der Waals surface area contributed by atoms with E-state index >= 15 is 0 Å². The maximum Gasteiger partial charge on any atom is 0.239 e. The van der Waals surface area contributed by atoms with Crippen LogP contribution in [0, 0.1) is 5.41 Å². The molecule has 0 unspecified atom stereocenters. The molecular formula is C11H25Cl2N5O3S. The first-order chi connectivity index (χ1) is 9.29. The molecule has 0 bridgehead atoms. The Labute approximate surface area is 143 Å². The molecule has 0 spiro atoms. The van der Waals surface area contributed by atoms with Gasteiger partial charge in [-0.15, -0.1) is 24.8 Å². The second-order valence-electron chi connectivity index (χ2n) is 4.96. The maximum absolute atomic E-state index is 11.9. The monoisotopic (exact) mass is 377 g/mol. The molecule has 132 valence electrons. The lowest BCUT2D eigenvalue weighted by molar-refractivity contribution is -0.131. The molecule has 1 saturated heterocycles. The number of halogens is 2. The van der Waals surface area contributed by atoms with Gasteiger partial charge in [0.05, 0.1) is 12.3 Å². The smallest absolute Gasteiger partial charge is 0.239 e. The molecule has 0 aromatic rings. The summed E-state index contributed by atoms with van der Waals surface area (Å²) >= 11 is 0. The van der Waals surface area contributed by atoms with E-state index in [0.29, 0.717) is 19.4 Å². The molecule has 0 aromatic carbocycles. The summed E-state index contributed by atoms with van der Waals surface area (Å²) in [5.74, 6) is -0.293. The second kappa shape index (κ2) is 10.9. The summed E-state index contributed by atoms with van der Waals surface area (Å²) in [6.07, 6.45) is 4.15. The third-order valence-corrected chi connectivity index (χ3v) is 3.59. The maximum atomic E-state index is 11.9. The Hall–Kier alpha value is -0.770. The van der Waals surface area contributed by atoms with Crippen molar-refractivity contribution in [3.63, 3.8) is 0 Å². The molecule has 1 aliphatic heterocycles. The molecule has 0 radical (unpaired) electrons. The summed E-state index contributed by atoms with van der Waals surface area (Å²) in [7, 11) is -3.42. The lowest BCUT2D eigenvalue weighted by atomic mass is 10.1. The molecule has 1 fully saturated rings. The number of carbonyl (C=O) groups excluding carboxylic acids is 1. The van der Waals surface area contributed by atoms with Gasteiger partial charge in [-0.25, -0.2) is 8.42 Å². The van der Waals surface area contributed by atoms with Crippen LogP contribution in [0.4, 0.5) is 0 Å². The van der Waals surface area contributed by atoms with E-state index < -0.39 is 16.1 Å². The predicted molar refractivity (Wildman–Crippen MR) is 91.2 cm³/mol. The van der Waals surface area contributed by atoms with E-state index in [4.69, 9.17) is 11.1 Å². The highest BCUT2D eigenvalue weighted by Gasteiger charge is 2.23. The fourth-order valence-electron chi connectivity index (χ4n) is 2.05. The highest BCUT2D eigenvalue weighted by Crippen LogP contribution is 2.10. The average molecular weight is 378 g/mol. The molecule has 1 atom stereocenters. The van der Waals surface area contributed by atoms with E-state index in [1.807, 2.05) is 4.72 Å². The van der Waals surface area contributed by atoms with Crippen molar-refractivity contribution in [1.82, 2.24) is 14.9 Å². The number of hydrogen-bond acceptors (Lipinski definition) is 5. The Bertz CT molecular complexity index is 455. The van der Waals surface area contributed by atoms with E-state index in [0.717, 1.165) is 32.2 Å². The van der Waals surface area contributed by atoms with E-state index in [-0.39, 0.29) is 36.7 Å². The van der Waals surface area contributed by atoms with Gasteiger partial charge in [-0.2, -0.15) is 0 Å². The van der Waals surface area contributed by atoms with Crippen LogP contribution in [0.15, 0.2) is 0 Å². The third kappa shape index (κ3) is 9.29. The summed E-state index contributed by atoms with van der Waals surface area (Å²) in [5, 5.41) is 9.96. The molecule has 1 aliphatic rings. The normalized spacial score (nSPS) is 15.3. The van der Waals surface area contributed by atoms with Crippen molar-refractivity contribution in [2.45, 2.75) is 31.7 Å². The van der Waals surface area contributed by atoms with Gasteiger partial charge >= 0.3 is 0 Å². The summed E-state index contributed by atoms with van der Waals surface area (Å²) < 4.78 is 23.7. The highest BCUT2D eigenvalue weighted by atomic mass is 35.5. The number of hydrogen-bond donors (Lipinski definition) is 4. The number of nitrogens with two attached hydrogens (primary N) is 1. The zero-order valence-corrected chi connectivity index (χ0v) is 15.0. The van der Waals surface area contributed by atoms with Crippen LogP contribution in [-0.4, -0.2) is 57.1 Å². The molecule has 0 aliphatic carbocycles. The van der Waals surface area contributed by atoms with Crippen LogP contribution in [-0.2, 0) is 14.8 Å². The van der Waals surface area contributed by atoms with Crippen LogP contribution in [0.2, 0.25) is 0 Å². The number of carbonyl (C=O) groups is 1. The van der Waals surface area contributed by atoms with Crippen molar-refractivity contribution in [2.75, 3.05) is 25.9 Å². The van der Waals surface area contributed by atoms with Gasteiger partial charge in [-0.3, -0.25) is 14.9 Å². The largest absolute Gasteiger partial charge is 0.356 e. The van der Waals surface area contributed by atoms with Gasteiger partial charge < -0.3 is 16.0 Å².